The van der Waals surface area contributed by atoms with Gasteiger partial charge >= 0.3 is 0 Å². The lowest BCUT2D eigenvalue weighted by atomic mass is 10.1. The van der Waals surface area contributed by atoms with Gasteiger partial charge in [-0.2, -0.15) is 0 Å². The van der Waals surface area contributed by atoms with Crippen molar-refractivity contribution in [3.8, 4) is 5.75 Å². The van der Waals surface area contributed by atoms with Crippen molar-refractivity contribution in [3.05, 3.63) is 63.4 Å². The minimum Gasteiger partial charge on any atom is -0.490 e. The third-order valence-electron chi connectivity index (χ3n) is 6.11. The highest BCUT2D eigenvalue weighted by Gasteiger charge is 2.29. The van der Waals surface area contributed by atoms with Gasteiger partial charge < -0.3 is 19.3 Å². The monoisotopic (exact) mass is 480 g/mol. The van der Waals surface area contributed by atoms with Crippen molar-refractivity contribution < 1.29 is 18.7 Å². The van der Waals surface area contributed by atoms with Gasteiger partial charge in [0.2, 0.25) is 0 Å². The van der Waals surface area contributed by atoms with Gasteiger partial charge in [0.15, 0.2) is 0 Å². The molecule has 5 nitrogen and oxygen atoms in total. The number of morpholine rings is 1. The Hall–Kier alpha value is -1.86. The van der Waals surface area contributed by atoms with E-state index in [-0.39, 0.29) is 23.9 Å². The van der Waals surface area contributed by atoms with Gasteiger partial charge in [0.05, 0.1) is 22.8 Å². The molecule has 0 saturated carbocycles. The van der Waals surface area contributed by atoms with Crippen molar-refractivity contribution in [2.75, 3.05) is 39.3 Å². The van der Waals surface area contributed by atoms with E-state index in [9.17, 15) is 9.18 Å². The average Bonchev–Trinajstić information content (AvgIpc) is 2.79. The lowest BCUT2D eigenvalue weighted by Crippen LogP contribution is -2.51. The fourth-order valence-corrected chi connectivity index (χ4v) is 4.55. The van der Waals surface area contributed by atoms with E-state index in [2.05, 4.69) is 4.90 Å². The molecule has 1 amide bonds. The van der Waals surface area contributed by atoms with Gasteiger partial charge in [0.1, 0.15) is 17.7 Å². The van der Waals surface area contributed by atoms with E-state index in [4.69, 9.17) is 32.7 Å². The number of hydrogen-bond acceptors (Lipinski definition) is 4. The molecule has 2 aromatic rings. The van der Waals surface area contributed by atoms with Gasteiger partial charge in [-0.1, -0.05) is 29.3 Å². The van der Waals surface area contributed by atoms with E-state index in [1.165, 1.54) is 6.07 Å². The molecule has 0 spiro atoms. The Labute approximate surface area is 198 Å². The second-order valence-corrected chi connectivity index (χ2v) is 9.16. The Morgan fingerprint density at radius 3 is 2.69 bits per heavy atom. The van der Waals surface area contributed by atoms with Gasteiger partial charge in [0.25, 0.3) is 5.91 Å². The largest absolute Gasteiger partial charge is 0.490 e. The number of carbonyl (C=O) groups excluding carboxylic acids is 1. The Morgan fingerprint density at radius 1 is 1.16 bits per heavy atom. The number of likely N-dealkylation sites (tertiary alicyclic amines) is 1. The maximum atomic E-state index is 13.9. The first-order chi connectivity index (χ1) is 15.4. The molecular weight excluding hydrogens is 454 g/mol. The minimum absolute atomic E-state index is 0.0610. The number of benzene rings is 2. The normalized spacial score (nSPS) is 20.4. The molecule has 172 valence electrons. The topological polar surface area (TPSA) is 42.0 Å². The Kier molecular flexibility index (Phi) is 7.56. The van der Waals surface area contributed by atoms with E-state index in [0.717, 1.165) is 38.2 Å². The number of ether oxygens (including phenoxy) is 2. The summed E-state index contributed by atoms with van der Waals surface area (Å²) in [5, 5.41) is 1.00. The number of amides is 1. The summed E-state index contributed by atoms with van der Waals surface area (Å²) in [6.45, 7) is 5.70. The van der Waals surface area contributed by atoms with E-state index >= 15 is 0 Å². The van der Waals surface area contributed by atoms with Crippen molar-refractivity contribution in [2.45, 2.75) is 32.0 Å². The van der Waals surface area contributed by atoms with Gasteiger partial charge in [-0.15, -0.1) is 0 Å². The van der Waals surface area contributed by atoms with Crippen LogP contribution < -0.4 is 4.74 Å². The van der Waals surface area contributed by atoms with Crippen molar-refractivity contribution in [2.24, 2.45) is 0 Å². The molecule has 2 fully saturated rings. The summed E-state index contributed by atoms with van der Waals surface area (Å²) in [6, 6.07) is 9.97. The maximum absolute atomic E-state index is 13.9. The summed E-state index contributed by atoms with van der Waals surface area (Å²) in [7, 11) is 0. The molecule has 0 aliphatic carbocycles. The number of nitrogens with zero attached hydrogens (tertiary/aromatic N) is 2. The lowest BCUT2D eigenvalue weighted by molar-refractivity contribution is -0.0414. The first-order valence-corrected chi connectivity index (χ1v) is 11.7. The molecule has 2 aromatic carbocycles. The van der Waals surface area contributed by atoms with Crippen LogP contribution in [0.1, 0.15) is 28.8 Å². The molecule has 32 heavy (non-hydrogen) atoms. The van der Waals surface area contributed by atoms with Gasteiger partial charge in [0, 0.05) is 44.4 Å². The molecule has 1 atom stereocenters. The van der Waals surface area contributed by atoms with Gasteiger partial charge in [-0.25, -0.2) is 4.39 Å². The quantitative estimate of drug-likeness (QED) is 0.614. The van der Waals surface area contributed by atoms with E-state index in [1.54, 1.807) is 36.1 Å². The summed E-state index contributed by atoms with van der Waals surface area (Å²) >= 11 is 12.0. The van der Waals surface area contributed by atoms with Gasteiger partial charge in [-0.05, 0) is 49.6 Å². The summed E-state index contributed by atoms with van der Waals surface area (Å²) in [5.74, 6) is 0.242. The van der Waals surface area contributed by atoms with Crippen LogP contribution in [0.4, 0.5) is 4.39 Å². The van der Waals surface area contributed by atoms with Crippen LogP contribution in [0.25, 0.3) is 0 Å². The fraction of sp³-hybridized carbons (Fsp3) is 0.458. The van der Waals surface area contributed by atoms with Crippen LogP contribution in [0, 0.1) is 12.7 Å². The molecular formula is C24H27Cl2FN2O3. The van der Waals surface area contributed by atoms with Crippen LogP contribution in [0.3, 0.4) is 0 Å². The molecule has 0 aromatic heterocycles. The van der Waals surface area contributed by atoms with E-state index in [0.29, 0.717) is 40.9 Å². The number of carbonyl (C=O) groups is 1. The molecule has 0 radical (unpaired) electrons. The molecule has 2 heterocycles. The SMILES string of the molecule is Cc1c(F)cccc1C(=O)N1CCOC(CN2CCC(Oc3ccc(Cl)c(Cl)c3)CC2)C1. The van der Waals surface area contributed by atoms with Crippen LogP contribution in [-0.4, -0.2) is 67.2 Å². The number of halogens is 3. The zero-order valence-corrected chi connectivity index (χ0v) is 19.5. The van der Waals surface area contributed by atoms with Crippen LogP contribution in [0.5, 0.6) is 5.75 Å². The molecule has 2 saturated heterocycles. The molecule has 1 unspecified atom stereocenters. The Bertz CT molecular complexity index is 966. The highest BCUT2D eigenvalue weighted by atomic mass is 35.5. The highest BCUT2D eigenvalue weighted by Crippen LogP contribution is 2.28. The Morgan fingerprint density at radius 2 is 1.94 bits per heavy atom. The molecule has 4 rings (SSSR count). The van der Waals surface area contributed by atoms with Crippen LogP contribution in [0.15, 0.2) is 36.4 Å². The summed E-state index contributed by atoms with van der Waals surface area (Å²) in [5.41, 5.74) is 0.815. The third kappa shape index (κ3) is 5.54. The minimum atomic E-state index is -0.355. The van der Waals surface area contributed by atoms with E-state index < -0.39 is 0 Å². The standard InChI is InChI=1S/C24H27Cl2FN2O3/c1-16-20(3-2-4-23(16)27)24(30)29-11-12-31-19(15-29)14-28-9-7-17(8-10-28)32-18-5-6-21(25)22(26)13-18/h2-6,13,17,19H,7-12,14-15H2,1H3. The summed E-state index contributed by atoms with van der Waals surface area (Å²) < 4.78 is 25.9. The van der Waals surface area contributed by atoms with Crippen LogP contribution in [0.2, 0.25) is 10.0 Å². The second kappa shape index (κ2) is 10.4. The zero-order valence-electron chi connectivity index (χ0n) is 18.0. The first kappa shape index (κ1) is 23.3. The van der Waals surface area contributed by atoms with Crippen molar-refractivity contribution in [1.29, 1.82) is 0 Å². The highest BCUT2D eigenvalue weighted by molar-refractivity contribution is 6.42. The third-order valence-corrected chi connectivity index (χ3v) is 6.85. The second-order valence-electron chi connectivity index (χ2n) is 8.35. The first-order valence-electron chi connectivity index (χ1n) is 10.9. The predicted molar refractivity (Wildman–Crippen MR) is 123 cm³/mol. The summed E-state index contributed by atoms with van der Waals surface area (Å²) in [6.07, 6.45) is 1.87. The van der Waals surface area contributed by atoms with Gasteiger partial charge in [-0.3, -0.25) is 4.79 Å². The zero-order chi connectivity index (χ0) is 22.7. The molecule has 0 bridgehead atoms. The molecule has 0 N–H and O–H groups in total. The van der Waals surface area contributed by atoms with Crippen molar-refractivity contribution in [3.63, 3.8) is 0 Å². The molecule has 2 aliphatic heterocycles. The van der Waals surface area contributed by atoms with E-state index in [1.807, 2.05) is 6.07 Å². The number of rotatable bonds is 5. The lowest BCUT2D eigenvalue weighted by Gasteiger charge is -2.38. The molecule has 8 heteroatoms. The fourth-order valence-electron chi connectivity index (χ4n) is 4.26. The summed E-state index contributed by atoms with van der Waals surface area (Å²) in [4.78, 5) is 17.0. The molecule has 2 aliphatic rings. The maximum Gasteiger partial charge on any atom is 0.254 e. The van der Waals surface area contributed by atoms with Crippen molar-refractivity contribution >= 4 is 29.1 Å². The van der Waals surface area contributed by atoms with Crippen LogP contribution in [-0.2, 0) is 4.74 Å². The number of piperidine rings is 1. The number of hydrogen-bond donors (Lipinski definition) is 0. The Balaban J connectivity index is 1.27. The predicted octanol–water partition coefficient (Wildman–Crippen LogP) is 4.83. The van der Waals surface area contributed by atoms with Crippen molar-refractivity contribution in [1.82, 2.24) is 9.80 Å². The smallest absolute Gasteiger partial charge is 0.254 e. The average molecular weight is 481 g/mol. The van der Waals surface area contributed by atoms with Crippen LogP contribution >= 0.6 is 23.2 Å².